The minimum Gasteiger partial charge on any atom is -0.357 e. The first kappa shape index (κ1) is 14.9. The van der Waals surface area contributed by atoms with Gasteiger partial charge in [0.05, 0.1) is 0 Å². The zero-order valence-electron chi connectivity index (χ0n) is 13.1. The second kappa shape index (κ2) is 7.30. The highest BCUT2D eigenvalue weighted by Gasteiger charge is 2.35. The molecule has 0 amide bonds. The number of likely N-dealkylation sites (tertiary alicyclic amines) is 1. The van der Waals surface area contributed by atoms with E-state index >= 15 is 0 Å². The van der Waals surface area contributed by atoms with Crippen LogP contribution < -0.4 is 5.32 Å². The predicted octanol–water partition coefficient (Wildman–Crippen LogP) is 3.38. The first-order chi connectivity index (χ1) is 10.4. The third kappa shape index (κ3) is 3.79. The number of guanidine groups is 1. The van der Waals surface area contributed by atoms with E-state index in [-0.39, 0.29) is 0 Å². The van der Waals surface area contributed by atoms with Crippen LogP contribution >= 0.6 is 11.3 Å². The summed E-state index contributed by atoms with van der Waals surface area (Å²) in [4.78, 5) is 7.38. The van der Waals surface area contributed by atoms with Crippen LogP contribution in [0.3, 0.4) is 0 Å². The molecule has 3 rings (SSSR count). The highest BCUT2D eigenvalue weighted by molar-refractivity contribution is 7.07. The summed E-state index contributed by atoms with van der Waals surface area (Å²) in [5.41, 5.74) is 1.41. The van der Waals surface area contributed by atoms with Crippen molar-refractivity contribution in [3.8, 4) is 0 Å². The minimum absolute atomic E-state index is 0.894. The topological polar surface area (TPSA) is 27.6 Å². The molecule has 116 valence electrons. The van der Waals surface area contributed by atoms with Gasteiger partial charge in [0.1, 0.15) is 0 Å². The lowest BCUT2D eigenvalue weighted by Gasteiger charge is -2.22. The van der Waals surface area contributed by atoms with Gasteiger partial charge < -0.3 is 10.2 Å². The largest absolute Gasteiger partial charge is 0.357 e. The van der Waals surface area contributed by atoms with Crippen molar-refractivity contribution in [1.82, 2.24) is 10.2 Å². The fraction of sp³-hybridized carbons (Fsp3) is 0.706. The van der Waals surface area contributed by atoms with Crippen molar-refractivity contribution >= 4 is 17.3 Å². The number of nitrogens with zero attached hydrogens (tertiary/aromatic N) is 2. The Morgan fingerprint density at radius 2 is 2.10 bits per heavy atom. The SMILES string of the molecule is CCNC(=NCCc1ccsc1)N1CC2CCCCC2C1. The second-order valence-corrected chi connectivity index (χ2v) is 7.11. The summed E-state index contributed by atoms with van der Waals surface area (Å²) in [5, 5.41) is 7.87. The van der Waals surface area contributed by atoms with E-state index in [1.165, 1.54) is 44.3 Å². The molecule has 1 aromatic heterocycles. The molecule has 21 heavy (non-hydrogen) atoms. The van der Waals surface area contributed by atoms with Crippen molar-refractivity contribution in [2.45, 2.75) is 39.0 Å². The maximum absolute atomic E-state index is 4.86. The van der Waals surface area contributed by atoms with E-state index in [0.717, 1.165) is 37.3 Å². The van der Waals surface area contributed by atoms with Crippen molar-refractivity contribution < 1.29 is 0 Å². The molecule has 1 saturated carbocycles. The quantitative estimate of drug-likeness (QED) is 0.682. The normalized spacial score (nSPS) is 26.0. The highest BCUT2D eigenvalue weighted by atomic mass is 32.1. The maximum Gasteiger partial charge on any atom is 0.193 e. The van der Waals surface area contributed by atoms with Crippen LogP contribution in [0.1, 0.15) is 38.2 Å². The second-order valence-electron chi connectivity index (χ2n) is 6.33. The zero-order chi connectivity index (χ0) is 14.5. The molecule has 1 aliphatic heterocycles. The maximum atomic E-state index is 4.86. The van der Waals surface area contributed by atoms with E-state index in [2.05, 4.69) is 34.0 Å². The Balaban J connectivity index is 1.58. The molecule has 4 heteroatoms. The average molecular weight is 305 g/mol. The molecule has 2 unspecified atom stereocenters. The lowest BCUT2D eigenvalue weighted by molar-refractivity contribution is 0.299. The Bertz CT molecular complexity index is 441. The molecule has 0 radical (unpaired) electrons. The summed E-state index contributed by atoms with van der Waals surface area (Å²) >= 11 is 1.77. The lowest BCUT2D eigenvalue weighted by atomic mass is 9.82. The molecule has 1 aromatic rings. The van der Waals surface area contributed by atoms with Crippen molar-refractivity contribution in [3.63, 3.8) is 0 Å². The molecule has 2 atom stereocenters. The smallest absolute Gasteiger partial charge is 0.193 e. The Morgan fingerprint density at radius 1 is 1.33 bits per heavy atom. The molecule has 3 nitrogen and oxygen atoms in total. The van der Waals surface area contributed by atoms with E-state index in [4.69, 9.17) is 4.99 Å². The van der Waals surface area contributed by atoms with Gasteiger partial charge in [0.25, 0.3) is 0 Å². The molecule has 2 aliphatic rings. The van der Waals surface area contributed by atoms with E-state index in [1.807, 2.05) is 0 Å². The number of hydrogen-bond donors (Lipinski definition) is 1. The number of hydrogen-bond acceptors (Lipinski definition) is 2. The van der Waals surface area contributed by atoms with Crippen molar-refractivity contribution in [1.29, 1.82) is 0 Å². The molecule has 2 fully saturated rings. The third-order valence-corrected chi connectivity index (χ3v) is 5.58. The number of rotatable bonds is 4. The summed E-state index contributed by atoms with van der Waals surface area (Å²) in [5.74, 6) is 2.97. The zero-order valence-corrected chi connectivity index (χ0v) is 13.9. The number of fused-ring (bicyclic) bond motifs is 1. The van der Waals surface area contributed by atoms with E-state index < -0.39 is 0 Å². The molecule has 0 aromatic carbocycles. The van der Waals surface area contributed by atoms with Crippen LogP contribution in [0.15, 0.2) is 21.8 Å². The highest BCUT2D eigenvalue weighted by Crippen LogP contribution is 2.35. The number of thiophene rings is 1. The number of aliphatic imine (C=N–C) groups is 1. The Morgan fingerprint density at radius 3 is 2.71 bits per heavy atom. The first-order valence-electron chi connectivity index (χ1n) is 8.41. The third-order valence-electron chi connectivity index (χ3n) is 4.85. The monoisotopic (exact) mass is 305 g/mol. The predicted molar refractivity (Wildman–Crippen MR) is 91.0 cm³/mol. The molecular formula is C17H27N3S. The molecule has 2 heterocycles. The van der Waals surface area contributed by atoms with Crippen LogP contribution in [0.5, 0.6) is 0 Å². The fourth-order valence-electron chi connectivity index (χ4n) is 3.73. The number of nitrogens with one attached hydrogen (secondary N) is 1. The van der Waals surface area contributed by atoms with Gasteiger partial charge in [-0.2, -0.15) is 11.3 Å². The lowest BCUT2D eigenvalue weighted by Crippen LogP contribution is -2.40. The minimum atomic E-state index is 0.894. The van der Waals surface area contributed by atoms with Crippen LogP contribution in [-0.2, 0) is 6.42 Å². The van der Waals surface area contributed by atoms with Crippen LogP contribution in [0, 0.1) is 11.8 Å². The molecule has 0 bridgehead atoms. The molecule has 1 aliphatic carbocycles. The van der Waals surface area contributed by atoms with Crippen molar-refractivity contribution in [2.75, 3.05) is 26.2 Å². The molecule has 0 spiro atoms. The van der Waals surface area contributed by atoms with Crippen LogP contribution in [-0.4, -0.2) is 37.0 Å². The first-order valence-corrected chi connectivity index (χ1v) is 9.35. The van der Waals surface area contributed by atoms with Gasteiger partial charge in [0.2, 0.25) is 0 Å². The van der Waals surface area contributed by atoms with Crippen LogP contribution in [0.2, 0.25) is 0 Å². The van der Waals surface area contributed by atoms with Gasteiger partial charge in [-0.1, -0.05) is 12.8 Å². The Labute approximate surface area is 132 Å². The van der Waals surface area contributed by atoms with Crippen LogP contribution in [0.25, 0.3) is 0 Å². The molecule has 1 saturated heterocycles. The summed E-state index contributed by atoms with van der Waals surface area (Å²) in [6, 6.07) is 2.21. The van der Waals surface area contributed by atoms with Gasteiger partial charge >= 0.3 is 0 Å². The Kier molecular flexibility index (Phi) is 5.17. The van der Waals surface area contributed by atoms with E-state index in [0.29, 0.717) is 0 Å². The summed E-state index contributed by atoms with van der Waals surface area (Å²) in [7, 11) is 0. The summed E-state index contributed by atoms with van der Waals surface area (Å²) in [6.45, 7) is 6.45. The molecule has 1 N–H and O–H groups in total. The van der Waals surface area contributed by atoms with Gasteiger partial charge in [-0.25, -0.2) is 0 Å². The van der Waals surface area contributed by atoms with Gasteiger partial charge in [-0.3, -0.25) is 4.99 Å². The standard InChI is InChI=1S/C17H27N3S/c1-2-18-17(19-9-7-14-8-10-21-13-14)20-11-15-5-3-4-6-16(15)12-20/h8,10,13,15-16H,2-7,9,11-12H2,1H3,(H,18,19). The van der Waals surface area contributed by atoms with Crippen molar-refractivity contribution in [3.05, 3.63) is 22.4 Å². The average Bonchev–Trinajstić information content (AvgIpc) is 3.15. The Hall–Kier alpha value is -1.03. The van der Waals surface area contributed by atoms with Gasteiger partial charge in [0.15, 0.2) is 5.96 Å². The van der Waals surface area contributed by atoms with Crippen LogP contribution in [0.4, 0.5) is 0 Å². The van der Waals surface area contributed by atoms with E-state index in [9.17, 15) is 0 Å². The fourth-order valence-corrected chi connectivity index (χ4v) is 4.43. The van der Waals surface area contributed by atoms with Gasteiger partial charge in [0, 0.05) is 26.2 Å². The summed E-state index contributed by atoms with van der Waals surface area (Å²) in [6.07, 6.45) is 6.77. The summed E-state index contributed by atoms with van der Waals surface area (Å²) < 4.78 is 0. The van der Waals surface area contributed by atoms with Crippen molar-refractivity contribution in [2.24, 2.45) is 16.8 Å². The molecular weight excluding hydrogens is 278 g/mol. The van der Waals surface area contributed by atoms with E-state index in [1.54, 1.807) is 11.3 Å². The van der Waals surface area contributed by atoms with Gasteiger partial charge in [-0.05, 0) is 60.4 Å². The van der Waals surface area contributed by atoms with Gasteiger partial charge in [-0.15, -0.1) is 0 Å².